The van der Waals surface area contributed by atoms with Crippen LogP contribution in [0.25, 0.3) is 10.9 Å². The van der Waals surface area contributed by atoms with Crippen molar-refractivity contribution in [2.24, 2.45) is 0 Å². The van der Waals surface area contributed by atoms with E-state index in [1.54, 1.807) is 24.7 Å². The zero-order chi connectivity index (χ0) is 15.4. The molecular weight excluding hydrogens is 393 g/mol. The first-order chi connectivity index (χ1) is 10.7. The second-order valence-electron chi connectivity index (χ2n) is 4.56. The predicted molar refractivity (Wildman–Crippen MR) is 92.5 cm³/mol. The first-order valence-corrected chi connectivity index (χ1v) is 7.68. The second kappa shape index (κ2) is 6.69. The standard InChI is InChI=1S/C16H12IN3O2/c17-13-9-19-14-6-7-18-8-12(14)15(13)20-16(21)22-10-11-4-2-1-3-5-11/h1-9H,10H2,(H,19,20,21). The van der Waals surface area contributed by atoms with Gasteiger partial charge < -0.3 is 4.74 Å². The molecule has 0 saturated carbocycles. The monoisotopic (exact) mass is 405 g/mol. The van der Waals surface area contributed by atoms with Crippen LogP contribution in [0.5, 0.6) is 0 Å². The van der Waals surface area contributed by atoms with Crippen LogP contribution in [0.4, 0.5) is 10.5 Å². The van der Waals surface area contributed by atoms with Crippen LogP contribution in [0.2, 0.25) is 0 Å². The Labute approximate surface area is 140 Å². The molecule has 5 nitrogen and oxygen atoms in total. The molecule has 2 aromatic heterocycles. The molecular formula is C16H12IN3O2. The molecule has 2 heterocycles. The van der Waals surface area contributed by atoms with Gasteiger partial charge in [-0.2, -0.15) is 0 Å². The number of benzene rings is 1. The van der Waals surface area contributed by atoms with Crippen molar-refractivity contribution in [3.63, 3.8) is 0 Å². The molecule has 22 heavy (non-hydrogen) atoms. The van der Waals surface area contributed by atoms with E-state index in [9.17, 15) is 4.79 Å². The molecule has 110 valence electrons. The largest absolute Gasteiger partial charge is 0.444 e. The Morgan fingerprint density at radius 1 is 1.18 bits per heavy atom. The zero-order valence-corrected chi connectivity index (χ0v) is 13.6. The van der Waals surface area contributed by atoms with Gasteiger partial charge in [-0.05, 0) is 34.2 Å². The fourth-order valence-electron chi connectivity index (χ4n) is 2.00. The fourth-order valence-corrected chi connectivity index (χ4v) is 2.56. The first-order valence-electron chi connectivity index (χ1n) is 6.60. The summed E-state index contributed by atoms with van der Waals surface area (Å²) in [6, 6.07) is 11.3. The molecule has 0 spiro atoms. The van der Waals surface area contributed by atoms with Crippen molar-refractivity contribution in [2.45, 2.75) is 6.61 Å². The Bertz CT molecular complexity index is 809. The average molecular weight is 405 g/mol. The molecule has 1 N–H and O–H groups in total. The van der Waals surface area contributed by atoms with Crippen LogP contribution >= 0.6 is 22.6 Å². The number of pyridine rings is 2. The van der Waals surface area contributed by atoms with Gasteiger partial charge >= 0.3 is 6.09 Å². The average Bonchev–Trinajstić information content (AvgIpc) is 2.56. The summed E-state index contributed by atoms with van der Waals surface area (Å²) >= 11 is 2.12. The number of ether oxygens (including phenoxy) is 1. The lowest BCUT2D eigenvalue weighted by Crippen LogP contribution is -2.15. The number of nitrogens with zero attached hydrogens (tertiary/aromatic N) is 2. The van der Waals surface area contributed by atoms with E-state index in [2.05, 4.69) is 37.9 Å². The summed E-state index contributed by atoms with van der Waals surface area (Å²) in [5.74, 6) is 0. The van der Waals surface area contributed by atoms with Crippen LogP contribution in [0, 0.1) is 3.57 Å². The highest BCUT2D eigenvalue weighted by Gasteiger charge is 2.11. The molecule has 3 aromatic rings. The maximum atomic E-state index is 12.0. The van der Waals surface area contributed by atoms with Crippen molar-refractivity contribution < 1.29 is 9.53 Å². The number of carbonyl (C=O) groups excluding carboxylic acids is 1. The number of carbonyl (C=O) groups is 1. The number of rotatable bonds is 3. The molecule has 0 atom stereocenters. The van der Waals surface area contributed by atoms with Crippen molar-refractivity contribution in [3.8, 4) is 0 Å². The van der Waals surface area contributed by atoms with E-state index in [0.717, 1.165) is 20.0 Å². The highest BCUT2D eigenvalue weighted by Crippen LogP contribution is 2.26. The quantitative estimate of drug-likeness (QED) is 0.670. The zero-order valence-electron chi connectivity index (χ0n) is 11.5. The van der Waals surface area contributed by atoms with Gasteiger partial charge in [0.2, 0.25) is 0 Å². The Hall–Kier alpha value is -2.22. The summed E-state index contributed by atoms with van der Waals surface area (Å²) in [5.41, 5.74) is 2.37. The third-order valence-corrected chi connectivity index (χ3v) is 3.88. The van der Waals surface area contributed by atoms with Crippen LogP contribution in [-0.2, 0) is 11.3 Å². The van der Waals surface area contributed by atoms with Crippen molar-refractivity contribution >= 4 is 45.3 Å². The van der Waals surface area contributed by atoms with Crippen molar-refractivity contribution in [1.82, 2.24) is 9.97 Å². The van der Waals surface area contributed by atoms with Crippen LogP contribution in [0.15, 0.2) is 55.0 Å². The number of fused-ring (bicyclic) bond motifs is 1. The minimum absolute atomic E-state index is 0.227. The predicted octanol–water partition coefficient (Wildman–Crippen LogP) is 3.98. The normalized spacial score (nSPS) is 10.4. The number of hydrogen-bond donors (Lipinski definition) is 1. The lowest BCUT2D eigenvalue weighted by molar-refractivity contribution is 0.155. The van der Waals surface area contributed by atoms with E-state index >= 15 is 0 Å². The van der Waals surface area contributed by atoms with E-state index in [4.69, 9.17) is 4.74 Å². The molecule has 0 fully saturated rings. The minimum atomic E-state index is -0.502. The van der Waals surface area contributed by atoms with Gasteiger partial charge in [-0.25, -0.2) is 4.79 Å². The molecule has 0 aliphatic rings. The molecule has 1 amide bonds. The lowest BCUT2D eigenvalue weighted by atomic mass is 10.2. The van der Waals surface area contributed by atoms with E-state index in [1.165, 1.54) is 0 Å². The fraction of sp³-hybridized carbons (Fsp3) is 0.0625. The number of nitrogens with one attached hydrogen (secondary N) is 1. The smallest absolute Gasteiger partial charge is 0.412 e. The topological polar surface area (TPSA) is 64.1 Å². The van der Waals surface area contributed by atoms with Crippen molar-refractivity contribution in [2.75, 3.05) is 5.32 Å². The van der Waals surface area contributed by atoms with Gasteiger partial charge in [0.15, 0.2) is 0 Å². The third kappa shape index (κ3) is 3.33. The number of halogens is 1. The Balaban J connectivity index is 1.75. The van der Waals surface area contributed by atoms with Gasteiger partial charge in [-0.15, -0.1) is 0 Å². The van der Waals surface area contributed by atoms with Gasteiger partial charge in [-0.1, -0.05) is 30.3 Å². The summed E-state index contributed by atoms with van der Waals surface area (Å²) in [6.07, 6.45) is 4.55. The summed E-state index contributed by atoms with van der Waals surface area (Å²) in [4.78, 5) is 20.4. The van der Waals surface area contributed by atoms with Crippen LogP contribution < -0.4 is 5.32 Å². The van der Waals surface area contributed by atoms with Gasteiger partial charge in [-0.3, -0.25) is 15.3 Å². The molecule has 0 aliphatic carbocycles. The molecule has 0 aliphatic heterocycles. The van der Waals surface area contributed by atoms with Gasteiger partial charge in [0, 0.05) is 24.0 Å². The van der Waals surface area contributed by atoms with Crippen molar-refractivity contribution in [1.29, 1.82) is 0 Å². The molecule has 6 heteroatoms. The summed E-state index contributed by atoms with van der Waals surface area (Å²) in [7, 11) is 0. The van der Waals surface area contributed by atoms with E-state index in [-0.39, 0.29) is 6.61 Å². The van der Waals surface area contributed by atoms with Gasteiger partial charge in [0.25, 0.3) is 0 Å². The number of aromatic nitrogens is 2. The summed E-state index contributed by atoms with van der Waals surface area (Å²) in [5, 5.41) is 3.56. The van der Waals surface area contributed by atoms with Crippen molar-refractivity contribution in [3.05, 3.63) is 64.1 Å². The number of hydrogen-bond acceptors (Lipinski definition) is 4. The Kier molecular flexibility index (Phi) is 4.47. The highest BCUT2D eigenvalue weighted by atomic mass is 127. The van der Waals surface area contributed by atoms with E-state index in [0.29, 0.717) is 5.69 Å². The molecule has 0 unspecified atom stereocenters. The second-order valence-corrected chi connectivity index (χ2v) is 5.72. The van der Waals surface area contributed by atoms with Gasteiger partial charge in [0.1, 0.15) is 6.61 Å². The highest BCUT2D eigenvalue weighted by molar-refractivity contribution is 14.1. The first kappa shape index (κ1) is 14.7. The minimum Gasteiger partial charge on any atom is -0.444 e. The van der Waals surface area contributed by atoms with Crippen LogP contribution in [0.1, 0.15) is 5.56 Å². The van der Waals surface area contributed by atoms with Gasteiger partial charge in [0.05, 0.1) is 14.8 Å². The van der Waals surface area contributed by atoms with Crippen LogP contribution in [0.3, 0.4) is 0 Å². The maximum absolute atomic E-state index is 12.0. The number of anilines is 1. The molecule has 0 bridgehead atoms. The Morgan fingerprint density at radius 3 is 2.82 bits per heavy atom. The molecule has 1 aromatic carbocycles. The van der Waals surface area contributed by atoms with E-state index < -0.39 is 6.09 Å². The number of amides is 1. The Morgan fingerprint density at radius 2 is 2.00 bits per heavy atom. The SMILES string of the molecule is O=C(Nc1c(I)cnc2ccncc12)OCc1ccccc1. The summed E-state index contributed by atoms with van der Waals surface area (Å²) in [6.45, 7) is 0.227. The lowest BCUT2D eigenvalue weighted by Gasteiger charge is -2.10. The molecule has 3 rings (SSSR count). The summed E-state index contributed by atoms with van der Waals surface area (Å²) < 4.78 is 6.07. The molecule has 0 radical (unpaired) electrons. The van der Waals surface area contributed by atoms with Crippen LogP contribution in [-0.4, -0.2) is 16.1 Å². The molecule has 0 saturated heterocycles. The maximum Gasteiger partial charge on any atom is 0.412 e. The van der Waals surface area contributed by atoms with E-state index in [1.807, 2.05) is 30.3 Å². The third-order valence-electron chi connectivity index (χ3n) is 3.06.